The Morgan fingerprint density at radius 2 is 2.09 bits per heavy atom. The highest BCUT2D eigenvalue weighted by molar-refractivity contribution is 6.30. The van der Waals surface area contributed by atoms with Crippen molar-refractivity contribution in [3.05, 3.63) is 57.0 Å². The molecule has 2 rings (SSSR count). The van der Waals surface area contributed by atoms with E-state index in [1.165, 1.54) is 16.8 Å². The number of nitrogens with zero attached hydrogens (tertiary/aromatic N) is 2. The van der Waals surface area contributed by atoms with E-state index in [1.807, 2.05) is 6.92 Å². The summed E-state index contributed by atoms with van der Waals surface area (Å²) in [5.41, 5.74) is 0.623. The van der Waals surface area contributed by atoms with Crippen molar-refractivity contribution in [3.8, 4) is 5.75 Å². The van der Waals surface area contributed by atoms with E-state index in [0.29, 0.717) is 17.3 Å². The third-order valence-corrected chi connectivity index (χ3v) is 3.37. The topological polar surface area (TPSA) is 61.2 Å². The van der Waals surface area contributed by atoms with Gasteiger partial charge in [0.1, 0.15) is 5.75 Å². The van der Waals surface area contributed by atoms with E-state index in [2.05, 4.69) is 5.10 Å². The van der Waals surface area contributed by atoms with Gasteiger partial charge < -0.3 is 4.74 Å². The maximum Gasteiger partial charge on any atom is 0.364 e. The minimum absolute atomic E-state index is 0.102. The van der Waals surface area contributed by atoms with Crippen LogP contribution in [0.4, 0.5) is 0 Å². The quantitative estimate of drug-likeness (QED) is 0.627. The van der Waals surface area contributed by atoms with Crippen LogP contribution in [0.25, 0.3) is 0 Å². The Morgan fingerprint density at radius 3 is 2.77 bits per heavy atom. The fourth-order valence-corrected chi connectivity index (χ4v) is 2.13. The number of benzene rings is 1. The summed E-state index contributed by atoms with van der Waals surface area (Å²) in [5.74, 6) is -0.182. The lowest BCUT2D eigenvalue weighted by Crippen LogP contribution is -2.25. The molecule has 0 fully saturated rings. The van der Waals surface area contributed by atoms with Crippen molar-refractivity contribution in [1.29, 1.82) is 0 Å². The number of hydrogen-bond acceptors (Lipinski definition) is 4. The van der Waals surface area contributed by atoms with Gasteiger partial charge in [0.2, 0.25) is 0 Å². The zero-order chi connectivity index (χ0) is 16.1. The van der Waals surface area contributed by atoms with Crippen LogP contribution < -0.4 is 10.3 Å². The SMILES string of the molecule is CCCCn1nc(C(=O)Oc2ccc(Cl)cc2C)ccc1=O. The molecule has 116 valence electrons. The van der Waals surface area contributed by atoms with Gasteiger partial charge in [0.05, 0.1) is 0 Å². The number of carbonyl (C=O) groups is 1. The number of ether oxygens (including phenoxy) is 1. The fraction of sp³-hybridized carbons (Fsp3) is 0.312. The van der Waals surface area contributed by atoms with Crippen molar-refractivity contribution in [2.24, 2.45) is 0 Å². The van der Waals surface area contributed by atoms with Crippen LogP contribution in [0, 0.1) is 6.92 Å². The molecule has 0 spiro atoms. The molecule has 0 aliphatic carbocycles. The average molecular weight is 321 g/mol. The Morgan fingerprint density at radius 1 is 1.32 bits per heavy atom. The molecule has 0 unspecified atom stereocenters. The molecule has 6 heteroatoms. The molecular weight excluding hydrogens is 304 g/mol. The first-order chi connectivity index (χ1) is 10.5. The molecule has 2 aromatic rings. The molecule has 0 N–H and O–H groups in total. The summed E-state index contributed by atoms with van der Waals surface area (Å²) in [6.07, 6.45) is 1.76. The molecule has 1 heterocycles. The lowest BCUT2D eigenvalue weighted by Gasteiger charge is -2.08. The highest BCUT2D eigenvalue weighted by Crippen LogP contribution is 2.22. The average Bonchev–Trinajstić information content (AvgIpc) is 2.49. The Kier molecular flexibility index (Phi) is 5.33. The van der Waals surface area contributed by atoms with E-state index < -0.39 is 5.97 Å². The number of esters is 1. The van der Waals surface area contributed by atoms with Gasteiger partial charge in [-0.3, -0.25) is 4.79 Å². The van der Waals surface area contributed by atoms with Gasteiger partial charge in [-0.25, -0.2) is 9.48 Å². The van der Waals surface area contributed by atoms with E-state index in [0.717, 1.165) is 18.4 Å². The summed E-state index contributed by atoms with van der Waals surface area (Å²) in [7, 11) is 0. The Bertz CT molecular complexity index is 740. The number of hydrogen-bond donors (Lipinski definition) is 0. The van der Waals surface area contributed by atoms with Crippen LogP contribution in [-0.2, 0) is 6.54 Å². The number of aryl methyl sites for hydroxylation is 2. The number of rotatable bonds is 5. The van der Waals surface area contributed by atoms with Gasteiger partial charge in [-0.05, 0) is 43.2 Å². The third kappa shape index (κ3) is 3.95. The molecule has 22 heavy (non-hydrogen) atoms. The first kappa shape index (κ1) is 16.2. The monoisotopic (exact) mass is 320 g/mol. The highest BCUT2D eigenvalue weighted by Gasteiger charge is 2.13. The van der Waals surface area contributed by atoms with Crippen LogP contribution in [0.1, 0.15) is 35.8 Å². The predicted molar refractivity (Wildman–Crippen MR) is 84.6 cm³/mol. The molecular formula is C16H17ClN2O3. The second kappa shape index (κ2) is 7.22. The van der Waals surface area contributed by atoms with Gasteiger partial charge in [-0.2, -0.15) is 5.10 Å². The van der Waals surface area contributed by atoms with Crippen molar-refractivity contribution in [2.45, 2.75) is 33.2 Å². The zero-order valence-electron chi connectivity index (χ0n) is 12.5. The molecule has 0 aliphatic rings. The molecule has 0 bridgehead atoms. The van der Waals surface area contributed by atoms with Crippen molar-refractivity contribution in [2.75, 3.05) is 0 Å². The minimum atomic E-state index is -0.601. The van der Waals surface area contributed by atoms with Gasteiger partial charge in [0.15, 0.2) is 5.69 Å². The first-order valence-corrected chi connectivity index (χ1v) is 7.45. The molecule has 5 nitrogen and oxygen atoms in total. The van der Waals surface area contributed by atoms with E-state index in [-0.39, 0.29) is 11.3 Å². The number of carbonyl (C=O) groups excluding carboxylic acids is 1. The molecule has 0 amide bonds. The van der Waals surface area contributed by atoms with Crippen molar-refractivity contribution in [1.82, 2.24) is 9.78 Å². The fourth-order valence-electron chi connectivity index (χ4n) is 1.91. The maximum absolute atomic E-state index is 12.2. The van der Waals surface area contributed by atoms with Crippen LogP contribution in [0.15, 0.2) is 35.1 Å². The van der Waals surface area contributed by atoms with Crippen molar-refractivity contribution < 1.29 is 9.53 Å². The second-order valence-electron chi connectivity index (χ2n) is 4.93. The van der Waals surface area contributed by atoms with Crippen LogP contribution >= 0.6 is 11.6 Å². The zero-order valence-corrected chi connectivity index (χ0v) is 13.3. The van der Waals surface area contributed by atoms with Crippen LogP contribution in [0.3, 0.4) is 0 Å². The van der Waals surface area contributed by atoms with Crippen LogP contribution in [0.2, 0.25) is 5.02 Å². The maximum atomic E-state index is 12.2. The normalized spacial score (nSPS) is 10.5. The van der Waals surface area contributed by atoms with Gasteiger partial charge in [0, 0.05) is 17.6 Å². The predicted octanol–water partition coefficient (Wildman–Crippen LogP) is 3.22. The molecule has 0 atom stereocenters. The summed E-state index contributed by atoms with van der Waals surface area (Å²) in [4.78, 5) is 23.8. The standard InChI is InChI=1S/C16H17ClN2O3/c1-3-4-9-19-15(20)8-6-13(18-19)16(21)22-14-7-5-12(17)10-11(14)2/h5-8,10H,3-4,9H2,1-2H3. The summed E-state index contributed by atoms with van der Waals surface area (Å²) in [6, 6.07) is 7.68. The lowest BCUT2D eigenvalue weighted by atomic mass is 10.2. The molecule has 0 radical (unpaired) electrons. The minimum Gasteiger partial charge on any atom is -0.421 e. The summed E-state index contributed by atoms with van der Waals surface area (Å²) in [5, 5.41) is 4.63. The molecule has 0 aliphatic heterocycles. The highest BCUT2D eigenvalue weighted by atomic mass is 35.5. The van der Waals surface area contributed by atoms with E-state index in [4.69, 9.17) is 16.3 Å². The van der Waals surface area contributed by atoms with E-state index in [9.17, 15) is 9.59 Å². The molecule has 0 saturated carbocycles. The first-order valence-electron chi connectivity index (χ1n) is 7.07. The van der Waals surface area contributed by atoms with Crippen molar-refractivity contribution in [3.63, 3.8) is 0 Å². The van der Waals surface area contributed by atoms with Gasteiger partial charge in [-0.1, -0.05) is 24.9 Å². The van der Waals surface area contributed by atoms with E-state index in [1.54, 1.807) is 25.1 Å². The molecule has 1 aromatic heterocycles. The second-order valence-corrected chi connectivity index (χ2v) is 5.37. The third-order valence-electron chi connectivity index (χ3n) is 3.14. The summed E-state index contributed by atoms with van der Waals surface area (Å²) >= 11 is 5.87. The largest absolute Gasteiger partial charge is 0.421 e. The number of halogens is 1. The van der Waals surface area contributed by atoms with Crippen LogP contribution in [-0.4, -0.2) is 15.7 Å². The molecule has 0 saturated heterocycles. The Balaban J connectivity index is 2.20. The van der Waals surface area contributed by atoms with Crippen molar-refractivity contribution >= 4 is 17.6 Å². The Labute approximate surface area is 133 Å². The molecule has 1 aromatic carbocycles. The van der Waals surface area contributed by atoms with Crippen LogP contribution in [0.5, 0.6) is 5.75 Å². The summed E-state index contributed by atoms with van der Waals surface area (Å²) in [6.45, 7) is 4.30. The van der Waals surface area contributed by atoms with Gasteiger partial charge in [0.25, 0.3) is 5.56 Å². The summed E-state index contributed by atoms with van der Waals surface area (Å²) < 4.78 is 6.60. The number of aromatic nitrogens is 2. The van der Waals surface area contributed by atoms with Gasteiger partial charge in [-0.15, -0.1) is 0 Å². The Hall–Kier alpha value is -2.14. The lowest BCUT2D eigenvalue weighted by molar-refractivity contribution is 0.0724. The van der Waals surface area contributed by atoms with Gasteiger partial charge >= 0.3 is 5.97 Å². The van der Waals surface area contributed by atoms with E-state index >= 15 is 0 Å². The smallest absolute Gasteiger partial charge is 0.364 e. The number of unbranched alkanes of at least 4 members (excludes halogenated alkanes) is 1.